The Kier molecular flexibility index (Phi) is 3.80. The van der Waals surface area contributed by atoms with Crippen LogP contribution in [-0.2, 0) is 4.79 Å². The Hall–Kier alpha value is -3.42. The molecule has 0 saturated carbocycles. The Bertz CT molecular complexity index is 1020. The first-order chi connectivity index (χ1) is 12.5. The molecule has 3 aromatic rings. The predicted molar refractivity (Wildman–Crippen MR) is 95.5 cm³/mol. The van der Waals surface area contributed by atoms with E-state index in [0.29, 0.717) is 23.0 Å². The van der Waals surface area contributed by atoms with Crippen LogP contribution in [0.1, 0.15) is 30.0 Å². The molecule has 8 nitrogen and oxygen atoms in total. The average molecular weight is 350 g/mol. The number of tetrazole rings is 1. The number of anilines is 2. The molecule has 0 fully saturated rings. The first kappa shape index (κ1) is 16.1. The van der Waals surface area contributed by atoms with E-state index in [9.17, 15) is 4.79 Å². The van der Waals surface area contributed by atoms with E-state index in [-0.39, 0.29) is 5.91 Å². The molecule has 0 radical (unpaired) electrons. The summed E-state index contributed by atoms with van der Waals surface area (Å²) in [5.41, 5.74) is 2.92. The van der Waals surface area contributed by atoms with Gasteiger partial charge in [-0.05, 0) is 55.0 Å². The smallest absolute Gasteiger partial charge is 0.256 e. The second-order valence-electron chi connectivity index (χ2n) is 6.23. The minimum atomic E-state index is -0.543. The Morgan fingerprint density at radius 2 is 2.00 bits per heavy atom. The van der Waals surface area contributed by atoms with Gasteiger partial charge in [-0.25, -0.2) is 0 Å². The molecular formula is C18H18N6O2. The normalized spacial score (nSPS) is 16.2. The molecule has 0 saturated heterocycles. The summed E-state index contributed by atoms with van der Waals surface area (Å²) in [5.74, 6) is 1.59. The largest absolute Gasteiger partial charge is 0.464 e. The molecular weight excluding hydrogens is 332 g/mol. The fraction of sp³-hybridized carbons (Fsp3) is 0.222. The third-order valence-corrected chi connectivity index (χ3v) is 4.38. The van der Waals surface area contributed by atoms with E-state index >= 15 is 0 Å². The van der Waals surface area contributed by atoms with Gasteiger partial charge in [0.25, 0.3) is 5.91 Å². The van der Waals surface area contributed by atoms with Crippen LogP contribution in [0, 0.1) is 13.8 Å². The summed E-state index contributed by atoms with van der Waals surface area (Å²) in [4.78, 5) is 13.1. The van der Waals surface area contributed by atoms with Gasteiger partial charge in [0.15, 0.2) is 0 Å². The van der Waals surface area contributed by atoms with Crippen molar-refractivity contribution in [2.45, 2.75) is 26.8 Å². The van der Waals surface area contributed by atoms with Crippen LogP contribution in [0.2, 0.25) is 0 Å². The lowest BCUT2D eigenvalue weighted by Crippen LogP contribution is -2.31. The van der Waals surface area contributed by atoms with Gasteiger partial charge in [-0.15, -0.1) is 0 Å². The Balaban J connectivity index is 1.77. The number of amides is 1. The molecule has 1 atom stereocenters. The number of furan rings is 1. The van der Waals surface area contributed by atoms with Crippen molar-refractivity contribution in [3.63, 3.8) is 0 Å². The summed E-state index contributed by atoms with van der Waals surface area (Å²) >= 11 is 0. The highest BCUT2D eigenvalue weighted by Crippen LogP contribution is 2.35. The molecule has 0 aliphatic carbocycles. The van der Waals surface area contributed by atoms with Gasteiger partial charge >= 0.3 is 0 Å². The lowest BCUT2D eigenvalue weighted by molar-refractivity contribution is -0.113. The van der Waals surface area contributed by atoms with Crippen LogP contribution in [0.25, 0.3) is 0 Å². The third-order valence-electron chi connectivity index (χ3n) is 4.38. The number of hydrogen-bond donors (Lipinski definition) is 2. The first-order valence-corrected chi connectivity index (χ1v) is 8.23. The number of fused-ring (bicyclic) bond motifs is 1. The van der Waals surface area contributed by atoms with Gasteiger partial charge in [-0.1, -0.05) is 23.3 Å². The maximum atomic E-state index is 13.1. The van der Waals surface area contributed by atoms with Crippen molar-refractivity contribution in [2.75, 3.05) is 10.6 Å². The zero-order chi connectivity index (χ0) is 18.3. The van der Waals surface area contributed by atoms with Crippen molar-refractivity contribution in [3.05, 3.63) is 64.8 Å². The Labute approximate surface area is 149 Å². The zero-order valence-electron chi connectivity index (χ0n) is 14.6. The number of allylic oxidation sites excluding steroid dienone is 1. The highest BCUT2D eigenvalue weighted by Gasteiger charge is 2.36. The minimum absolute atomic E-state index is 0.232. The number of aryl methyl sites for hydroxylation is 2. The van der Waals surface area contributed by atoms with Gasteiger partial charge in [-0.3, -0.25) is 4.79 Å². The quantitative estimate of drug-likeness (QED) is 0.754. The van der Waals surface area contributed by atoms with Crippen LogP contribution in [0.15, 0.2) is 52.1 Å². The molecule has 3 heterocycles. The summed E-state index contributed by atoms with van der Waals surface area (Å²) in [7, 11) is 0. The van der Waals surface area contributed by atoms with E-state index < -0.39 is 6.04 Å². The fourth-order valence-electron chi connectivity index (χ4n) is 3.07. The molecule has 132 valence electrons. The van der Waals surface area contributed by atoms with Crippen LogP contribution >= 0.6 is 0 Å². The zero-order valence-corrected chi connectivity index (χ0v) is 14.6. The number of hydrogen-bond acceptors (Lipinski definition) is 6. The SMILES string of the molecule is CC1=C(C(=O)Nc2ccccc2C)[C@@H](c2ccc(C)o2)n2nnnc2N1. The number of carbonyl (C=O) groups excluding carboxylic acids is 1. The molecule has 1 amide bonds. The number of carbonyl (C=O) groups is 1. The Morgan fingerprint density at radius 3 is 2.73 bits per heavy atom. The lowest BCUT2D eigenvalue weighted by atomic mass is 10.00. The van der Waals surface area contributed by atoms with E-state index in [2.05, 4.69) is 26.2 Å². The summed E-state index contributed by atoms with van der Waals surface area (Å²) < 4.78 is 7.35. The molecule has 1 aromatic carbocycles. The minimum Gasteiger partial charge on any atom is -0.464 e. The molecule has 2 aromatic heterocycles. The van der Waals surface area contributed by atoms with Crippen molar-refractivity contribution < 1.29 is 9.21 Å². The van der Waals surface area contributed by atoms with E-state index in [1.165, 1.54) is 0 Å². The van der Waals surface area contributed by atoms with Crippen LogP contribution in [0.3, 0.4) is 0 Å². The maximum absolute atomic E-state index is 13.1. The van der Waals surface area contributed by atoms with Crippen molar-refractivity contribution in [2.24, 2.45) is 0 Å². The Morgan fingerprint density at radius 1 is 1.19 bits per heavy atom. The van der Waals surface area contributed by atoms with Crippen LogP contribution in [0.4, 0.5) is 11.6 Å². The van der Waals surface area contributed by atoms with Gasteiger partial charge < -0.3 is 15.1 Å². The van der Waals surface area contributed by atoms with E-state index in [4.69, 9.17) is 4.42 Å². The highest BCUT2D eigenvalue weighted by atomic mass is 16.3. The van der Waals surface area contributed by atoms with Crippen molar-refractivity contribution in [1.82, 2.24) is 20.2 Å². The average Bonchev–Trinajstić information content (AvgIpc) is 3.24. The molecule has 1 aliphatic rings. The molecule has 0 unspecified atom stereocenters. The number of nitrogens with zero attached hydrogens (tertiary/aromatic N) is 4. The number of aromatic nitrogens is 4. The number of benzene rings is 1. The van der Waals surface area contributed by atoms with Gasteiger partial charge in [0.2, 0.25) is 5.95 Å². The number of nitrogens with one attached hydrogen (secondary N) is 2. The topological polar surface area (TPSA) is 97.9 Å². The molecule has 8 heteroatoms. The van der Waals surface area contributed by atoms with Crippen LogP contribution < -0.4 is 10.6 Å². The summed E-state index contributed by atoms with van der Waals surface area (Å²) in [6, 6.07) is 10.8. The fourth-order valence-corrected chi connectivity index (χ4v) is 3.07. The second-order valence-corrected chi connectivity index (χ2v) is 6.23. The second kappa shape index (κ2) is 6.14. The van der Waals surface area contributed by atoms with E-state index in [0.717, 1.165) is 17.0 Å². The lowest BCUT2D eigenvalue weighted by Gasteiger charge is -2.26. The van der Waals surface area contributed by atoms with Crippen molar-refractivity contribution in [1.29, 1.82) is 0 Å². The van der Waals surface area contributed by atoms with E-state index in [1.54, 1.807) is 4.68 Å². The van der Waals surface area contributed by atoms with Gasteiger partial charge in [0.05, 0.1) is 5.57 Å². The monoisotopic (exact) mass is 350 g/mol. The highest BCUT2D eigenvalue weighted by molar-refractivity contribution is 6.06. The predicted octanol–water partition coefficient (Wildman–Crippen LogP) is 2.81. The summed E-state index contributed by atoms with van der Waals surface area (Å²) in [6.07, 6.45) is 0. The number of rotatable bonds is 3. The van der Waals surface area contributed by atoms with Crippen molar-refractivity contribution >= 4 is 17.5 Å². The maximum Gasteiger partial charge on any atom is 0.256 e. The van der Waals surface area contributed by atoms with Gasteiger partial charge in [0, 0.05) is 11.4 Å². The number of para-hydroxylation sites is 1. The van der Waals surface area contributed by atoms with Gasteiger partial charge in [-0.2, -0.15) is 4.68 Å². The molecule has 4 rings (SSSR count). The third kappa shape index (κ3) is 2.65. The van der Waals surface area contributed by atoms with Crippen molar-refractivity contribution in [3.8, 4) is 0 Å². The molecule has 1 aliphatic heterocycles. The molecule has 0 spiro atoms. The molecule has 26 heavy (non-hydrogen) atoms. The first-order valence-electron chi connectivity index (χ1n) is 8.23. The van der Waals surface area contributed by atoms with Crippen LogP contribution in [0.5, 0.6) is 0 Å². The van der Waals surface area contributed by atoms with E-state index in [1.807, 2.05) is 57.2 Å². The summed E-state index contributed by atoms with van der Waals surface area (Å²) in [5, 5.41) is 17.8. The van der Waals surface area contributed by atoms with Crippen LogP contribution in [-0.4, -0.2) is 26.1 Å². The standard InChI is InChI=1S/C18H18N6O2/c1-10-6-4-5-7-13(10)20-17(25)15-12(3)19-18-21-22-23-24(18)16(15)14-9-8-11(2)26-14/h4-9,16H,1-3H3,(H,20,25)(H,19,21,23)/t16-/m1/s1. The molecule has 0 bridgehead atoms. The molecule has 2 N–H and O–H groups in total. The van der Waals surface area contributed by atoms with Gasteiger partial charge in [0.1, 0.15) is 17.6 Å². The summed E-state index contributed by atoms with van der Waals surface area (Å²) in [6.45, 7) is 5.63.